The molecule has 1 unspecified atom stereocenters. The molecule has 0 aromatic carbocycles. The van der Waals surface area contributed by atoms with E-state index in [-0.39, 0.29) is 0 Å². The number of hydrogen-bond acceptors (Lipinski definition) is 2. The summed E-state index contributed by atoms with van der Waals surface area (Å²) >= 11 is 0. The van der Waals surface area contributed by atoms with E-state index in [1.54, 1.807) is 7.11 Å². The van der Waals surface area contributed by atoms with Crippen LogP contribution in [0.25, 0.3) is 0 Å². The minimum Gasteiger partial charge on any atom is -0.399 e. The van der Waals surface area contributed by atoms with Gasteiger partial charge in [-0.25, -0.2) is 0 Å². The molecule has 2 nitrogen and oxygen atoms in total. The summed E-state index contributed by atoms with van der Waals surface area (Å²) < 4.78 is 0. The van der Waals surface area contributed by atoms with E-state index in [1.807, 2.05) is 0 Å². The second-order valence-corrected chi connectivity index (χ2v) is 5.39. The largest absolute Gasteiger partial charge is 0.399 e. The van der Waals surface area contributed by atoms with Crippen LogP contribution in [0.2, 0.25) is 0 Å². The summed E-state index contributed by atoms with van der Waals surface area (Å²) in [6, 6.07) is 0. The van der Waals surface area contributed by atoms with Crippen molar-refractivity contribution in [2.75, 3.05) is 7.11 Å². The Balaban J connectivity index is 2.40. The Hall–Kier alpha value is -0.530. The molecule has 2 bridgehead atoms. The molecule has 0 heterocycles. The first kappa shape index (κ1) is 10.0. The van der Waals surface area contributed by atoms with Crippen LogP contribution < -0.4 is 0 Å². The molecule has 2 heteroatoms. The Morgan fingerprint density at radius 2 is 2.21 bits per heavy atom. The molecule has 0 aliphatic heterocycles. The van der Waals surface area contributed by atoms with Crippen molar-refractivity contribution >= 4 is 5.71 Å². The highest BCUT2D eigenvalue weighted by molar-refractivity contribution is 5.97. The third-order valence-corrected chi connectivity index (χ3v) is 4.67. The summed E-state index contributed by atoms with van der Waals surface area (Å²) in [6.07, 6.45) is 5.19. The van der Waals surface area contributed by atoms with E-state index in [0.717, 1.165) is 5.92 Å². The molecule has 0 radical (unpaired) electrons. The third-order valence-electron chi connectivity index (χ3n) is 4.67. The van der Waals surface area contributed by atoms with Gasteiger partial charge in [0, 0.05) is 10.8 Å². The van der Waals surface area contributed by atoms with E-state index in [9.17, 15) is 0 Å². The second-order valence-electron chi connectivity index (χ2n) is 5.39. The van der Waals surface area contributed by atoms with E-state index in [2.05, 4.69) is 25.9 Å². The van der Waals surface area contributed by atoms with Crippen LogP contribution in [0.5, 0.6) is 0 Å². The Kier molecular flexibility index (Phi) is 2.13. The molecule has 0 spiro atoms. The standard InChI is InChI=1S/C12H21NO/c1-5-12(3)9-6-7-11(2,8-9)10(12)13-14-4/h9H,5-8H2,1-4H3/b13-10+/t9-,11+,12?/m1/s1. The zero-order valence-electron chi connectivity index (χ0n) is 9.76. The fourth-order valence-electron chi connectivity index (χ4n) is 3.64. The summed E-state index contributed by atoms with van der Waals surface area (Å²) in [5.74, 6) is 0.839. The molecular weight excluding hydrogens is 174 g/mol. The van der Waals surface area contributed by atoms with Crippen molar-refractivity contribution in [2.45, 2.75) is 46.5 Å². The number of rotatable bonds is 2. The number of oxime groups is 1. The maximum absolute atomic E-state index is 5.03. The van der Waals surface area contributed by atoms with Gasteiger partial charge in [0.25, 0.3) is 0 Å². The molecule has 2 rings (SSSR count). The highest BCUT2D eigenvalue weighted by Crippen LogP contribution is 2.61. The van der Waals surface area contributed by atoms with Gasteiger partial charge in [-0.1, -0.05) is 25.9 Å². The molecule has 0 aromatic rings. The SMILES string of the molecule is CCC1(C)/C(=N/OC)[C@@]2(C)CC[C@@H]1C2. The van der Waals surface area contributed by atoms with E-state index < -0.39 is 0 Å². The van der Waals surface area contributed by atoms with Crippen LogP contribution in [-0.4, -0.2) is 12.8 Å². The first-order valence-electron chi connectivity index (χ1n) is 5.69. The predicted octanol–water partition coefficient (Wildman–Crippen LogP) is 3.23. The Labute approximate surface area is 86.7 Å². The van der Waals surface area contributed by atoms with Gasteiger partial charge >= 0.3 is 0 Å². The molecule has 0 saturated heterocycles. The van der Waals surface area contributed by atoms with Gasteiger partial charge in [0.15, 0.2) is 0 Å². The monoisotopic (exact) mass is 195 g/mol. The van der Waals surface area contributed by atoms with Gasteiger partial charge in [0.2, 0.25) is 0 Å². The summed E-state index contributed by atoms with van der Waals surface area (Å²) in [5.41, 5.74) is 1.97. The molecule has 14 heavy (non-hydrogen) atoms. The third kappa shape index (κ3) is 1.06. The maximum atomic E-state index is 5.03. The van der Waals surface area contributed by atoms with E-state index in [0.29, 0.717) is 10.8 Å². The Bertz CT molecular complexity index is 273. The van der Waals surface area contributed by atoms with Crippen molar-refractivity contribution in [3.63, 3.8) is 0 Å². The molecule has 0 aromatic heterocycles. The van der Waals surface area contributed by atoms with Crippen LogP contribution in [0.15, 0.2) is 5.16 Å². The lowest BCUT2D eigenvalue weighted by Gasteiger charge is -2.36. The molecule has 2 aliphatic carbocycles. The number of hydrogen-bond donors (Lipinski definition) is 0. The first-order valence-corrected chi connectivity index (χ1v) is 5.69. The van der Waals surface area contributed by atoms with E-state index >= 15 is 0 Å². The fourth-order valence-corrected chi connectivity index (χ4v) is 3.64. The van der Waals surface area contributed by atoms with Crippen LogP contribution in [-0.2, 0) is 4.84 Å². The van der Waals surface area contributed by atoms with Gasteiger partial charge < -0.3 is 4.84 Å². The quantitative estimate of drug-likeness (QED) is 0.620. The molecule has 80 valence electrons. The summed E-state index contributed by atoms with van der Waals surface area (Å²) in [5, 5.41) is 4.32. The summed E-state index contributed by atoms with van der Waals surface area (Å²) in [6.45, 7) is 6.99. The molecule has 2 fully saturated rings. The van der Waals surface area contributed by atoms with Gasteiger partial charge in [-0.3, -0.25) is 0 Å². The van der Waals surface area contributed by atoms with Gasteiger partial charge in [0.05, 0.1) is 5.71 Å². The smallest absolute Gasteiger partial charge is 0.106 e. The molecule has 2 saturated carbocycles. The van der Waals surface area contributed by atoms with E-state index in [4.69, 9.17) is 4.84 Å². The fraction of sp³-hybridized carbons (Fsp3) is 0.917. The Morgan fingerprint density at radius 3 is 2.79 bits per heavy atom. The van der Waals surface area contributed by atoms with Gasteiger partial charge in [-0.2, -0.15) is 0 Å². The Morgan fingerprint density at radius 1 is 1.50 bits per heavy atom. The van der Waals surface area contributed by atoms with Crippen LogP contribution in [0.1, 0.15) is 46.5 Å². The molecule has 0 amide bonds. The number of fused-ring (bicyclic) bond motifs is 2. The molecule has 3 atom stereocenters. The van der Waals surface area contributed by atoms with Crippen LogP contribution in [0, 0.1) is 16.7 Å². The van der Waals surface area contributed by atoms with Crippen molar-refractivity contribution < 1.29 is 4.84 Å². The lowest BCUT2D eigenvalue weighted by Crippen LogP contribution is -2.37. The zero-order valence-corrected chi connectivity index (χ0v) is 9.76. The van der Waals surface area contributed by atoms with Crippen molar-refractivity contribution in [3.05, 3.63) is 0 Å². The summed E-state index contributed by atoms with van der Waals surface area (Å²) in [4.78, 5) is 5.03. The minimum atomic E-state index is 0.309. The van der Waals surface area contributed by atoms with Crippen molar-refractivity contribution in [1.82, 2.24) is 0 Å². The van der Waals surface area contributed by atoms with E-state index in [1.165, 1.54) is 31.4 Å². The highest BCUT2D eigenvalue weighted by Gasteiger charge is 2.58. The second kappa shape index (κ2) is 2.98. The summed E-state index contributed by atoms with van der Waals surface area (Å²) in [7, 11) is 1.67. The van der Waals surface area contributed by atoms with Gasteiger partial charge in [0.1, 0.15) is 7.11 Å². The minimum absolute atomic E-state index is 0.309. The lowest BCUT2D eigenvalue weighted by molar-refractivity contribution is 0.195. The van der Waals surface area contributed by atoms with Crippen molar-refractivity contribution in [2.24, 2.45) is 21.9 Å². The molecule has 0 N–H and O–H groups in total. The van der Waals surface area contributed by atoms with Gasteiger partial charge in [-0.05, 0) is 31.6 Å². The predicted molar refractivity (Wildman–Crippen MR) is 58.3 cm³/mol. The topological polar surface area (TPSA) is 21.6 Å². The van der Waals surface area contributed by atoms with Crippen molar-refractivity contribution in [1.29, 1.82) is 0 Å². The average molecular weight is 195 g/mol. The normalized spacial score (nSPS) is 48.9. The van der Waals surface area contributed by atoms with Crippen molar-refractivity contribution in [3.8, 4) is 0 Å². The maximum Gasteiger partial charge on any atom is 0.106 e. The van der Waals surface area contributed by atoms with Crippen LogP contribution in [0.3, 0.4) is 0 Å². The first-order chi connectivity index (χ1) is 6.57. The van der Waals surface area contributed by atoms with Crippen LogP contribution >= 0.6 is 0 Å². The highest BCUT2D eigenvalue weighted by atomic mass is 16.6. The molecule has 2 aliphatic rings. The van der Waals surface area contributed by atoms with Gasteiger partial charge in [-0.15, -0.1) is 0 Å². The van der Waals surface area contributed by atoms with Crippen LogP contribution in [0.4, 0.5) is 0 Å². The lowest BCUT2D eigenvalue weighted by atomic mass is 9.68. The zero-order chi connectivity index (χ0) is 10.4. The molecular formula is C12H21NO. The number of nitrogens with zero attached hydrogens (tertiary/aromatic N) is 1. The average Bonchev–Trinajstić information content (AvgIpc) is 2.64.